The first-order valence-electron chi connectivity index (χ1n) is 7.27. The molecule has 0 aliphatic heterocycles. The third-order valence-corrected chi connectivity index (χ3v) is 3.51. The first kappa shape index (κ1) is 18.7. The Morgan fingerprint density at radius 3 is 2.39 bits per heavy atom. The number of aliphatic hydroxyl groups is 1. The van der Waals surface area contributed by atoms with E-state index in [-0.39, 0.29) is 24.4 Å². The van der Waals surface area contributed by atoms with Gasteiger partial charge in [-0.2, -0.15) is 0 Å². The van der Waals surface area contributed by atoms with Crippen LogP contribution in [0.3, 0.4) is 0 Å². The van der Waals surface area contributed by atoms with Crippen molar-refractivity contribution in [2.75, 3.05) is 0 Å². The van der Waals surface area contributed by atoms with Crippen molar-refractivity contribution in [2.45, 2.75) is 52.2 Å². The van der Waals surface area contributed by atoms with Crippen molar-refractivity contribution in [3.63, 3.8) is 0 Å². The second-order valence-corrected chi connectivity index (χ2v) is 6.62. The Hall–Kier alpha value is -2.31. The minimum absolute atomic E-state index is 0.0221. The van der Waals surface area contributed by atoms with Crippen LogP contribution in [0.15, 0.2) is 24.0 Å². The lowest BCUT2D eigenvalue weighted by atomic mass is 9.73. The van der Waals surface area contributed by atoms with Crippen LogP contribution in [0.4, 0.5) is 4.79 Å². The second-order valence-electron chi connectivity index (χ2n) is 6.62. The molecule has 0 heterocycles. The molecule has 0 aromatic carbocycles. The monoisotopic (exact) mass is 325 g/mol. The zero-order valence-corrected chi connectivity index (χ0v) is 13.8. The SMILES string of the molecule is CC(=O)C1(C[C@H](NC(=O)OC(C)(C)C)C(=O)O)C=CC(O)=CC1. The average Bonchev–Trinajstić information content (AvgIpc) is 2.38. The van der Waals surface area contributed by atoms with Crippen molar-refractivity contribution in [1.82, 2.24) is 5.32 Å². The third kappa shape index (κ3) is 5.43. The molecule has 1 rings (SSSR count). The number of ether oxygens (including phenoxy) is 1. The maximum Gasteiger partial charge on any atom is 0.408 e. The Kier molecular flexibility index (Phi) is 5.58. The van der Waals surface area contributed by atoms with Gasteiger partial charge < -0.3 is 20.3 Å². The van der Waals surface area contributed by atoms with E-state index in [2.05, 4.69) is 5.32 Å². The van der Waals surface area contributed by atoms with Gasteiger partial charge in [0.15, 0.2) is 0 Å². The Balaban J connectivity index is 2.90. The first-order chi connectivity index (χ1) is 10.4. The van der Waals surface area contributed by atoms with Crippen molar-refractivity contribution in [3.8, 4) is 0 Å². The zero-order valence-electron chi connectivity index (χ0n) is 13.8. The van der Waals surface area contributed by atoms with Crippen LogP contribution in [0.1, 0.15) is 40.5 Å². The van der Waals surface area contributed by atoms with E-state index in [1.54, 1.807) is 20.8 Å². The molecule has 1 unspecified atom stereocenters. The normalized spacial score (nSPS) is 22.0. The number of aliphatic carboxylic acids is 1. The van der Waals surface area contributed by atoms with E-state index in [1.165, 1.54) is 25.2 Å². The fourth-order valence-corrected chi connectivity index (χ4v) is 2.24. The van der Waals surface area contributed by atoms with E-state index in [0.717, 1.165) is 0 Å². The summed E-state index contributed by atoms with van der Waals surface area (Å²) >= 11 is 0. The van der Waals surface area contributed by atoms with Gasteiger partial charge in [0.25, 0.3) is 0 Å². The Bertz CT molecular complexity index is 557. The molecule has 0 saturated carbocycles. The summed E-state index contributed by atoms with van der Waals surface area (Å²) in [6.45, 7) is 6.34. The largest absolute Gasteiger partial charge is 0.508 e. The van der Waals surface area contributed by atoms with E-state index < -0.39 is 29.1 Å². The zero-order chi connectivity index (χ0) is 17.8. The number of alkyl carbamates (subject to hydrolysis) is 1. The lowest BCUT2D eigenvalue weighted by Gasteiger charge is -2.32. The van der Waals surface area contributed by atoms with Crippen LogP contribution in [0, 0.1) is 5.41 Å². The van der Waals surface area contributed by atoms with Crippen LogP contribution in [0.2, 0.25) is 0 Å². The van der Waals surface area contributed by atoms with Gasteiger partial charge >= 0.3 is 12.1 Å². The highest BCUT2D eigenvalue weighted by Gasteiger charge is 2.39. The summed E-state index contributed by atoms with van der Waals surface area (Å²) in [5.41, 5.74) is -1.84. The summed E-state index contributed by atoms with van der Waals surface area (Å²) in [4.78, 5) is 35.2. The molecule has 2 atom stereocenters. The van der Waals surface area contributed by atoms with Gasteiger partial charge in [-0.15, -0.1) is 0 Å². The fraction of sp³-hybridized carbons (Fsp3) is 0.562. The number of carbonyl (C=O) groups is 3. The van der Waals surface area contributed by atoms with Crippen molar-refractivity contribution in [3.05, 3.63) is 24.0 Å². The number of carboxylic acid groups (broad SMARTS) is 1. The quantitative estimate of drug-likeness (QED) is 0.715. The molecule has 0 saturated heterocycles. The molecular formula is C16H23NO6. The predicted octanol–water partition coefficient (Wildman–Crippen LogP) is 2.33. The number of allylic oxidation sites excluding steroid dienone is 3. The highest BCUT2D eigenvalue weighted by Crippen LogP contribution is 2.35. The molecule has 3 N–H and O–H groups in total. The average molecular weight is 325 g/mol. The van der Waals surface area contributed by atoms with Gasteiger partial charge in [-0.25, -0.2) is 9.59 Å². The van der Waals surface area contributed by atoms with E-state index in [9.17, 15) is 24.6 Å². The highest BCUT2D eigenvalue weighted by atomic mass is 16.6. The predicted molar refractivity (Wildman–Crippen MR) is 83.0 cm³/mol. The molecule has 1 aliphatic rings. The number of ketones is 1. The third-order valence-electron chi connectivity index (χ3n) is 3.51. The molecular weight excluding hydrogens is 302 g/mol. The van der Waals surface area contributed by atoms with Crippen LogP contribution in [-0.4, -0.2) is 39.7 Å². The van der Waals surface area contributed by atoms with Gasteiger partial charge in [-0.3, -0.25) is 4.79 Å². The van der Waals surface area contributed by atoms with Gasteiger partial charge in [0.2, 0.25) is 0 Å². The van der Waals surface area contributed by atoms with Crippen molar-refractivity contribution >= 4 is 17.8 Å². The number of hydrogen-bond donors (Lipinski definition) is 3. The summed E-state index contributed by atoms with van der Waals surface area (Å²) in [6.07, 6.45) is 3.48. The molecule has 1 aliphatic carbocycles. The minimum atomic E-state index is -1.29. The second kappa shape index (κ2) is 6.85. The van der Waals surface area contributed by atoms with Crippen molar-refractivity contribution < 1.29 is 29.3 Å². The Morgan fingerprint density at radius 2 is 2.00 bits per heavy atom. The number of hydrogen-bond acceptors (Lipinski definition) is 5. The van der Waals surface area contributed by atoms with E-state index >= 15 is 0 Å². The van der Waals surface area contributed by atoms with Crippen LogP contribution < -0.4 is 5.32 Å². The van der Waals surface area contributed by atoms with Gasteiger partial charge in [0.1, 0.15) is 23.2 Å². The molecule has 0 fully saturated rings. The van der Waals surface area contributed by atoms with Gasteiger partial charge in [-0.1, -0.05) is 6.08 Å². The van der Waals surface area contributed by atoms with Crippen molar-refractivity contribution in [1.29, 1.82) is 0 Å². The Labute approximate surface area is 135 Å². The molecule has 23 heavy (non-hydrogen) atoms. The number of amides is 1. The van der Waals surface area contributed by atoms with E-state index in [1.807, 2.05) is 0 Å². The molecule has 0 aromatic rings. The van der Waals surface area contributed by atoms with Crippen molar-refractivity contribution in [2.24, 2.45) is 5.41 Å². The first-order valence-corrected chi connectivity index (χ1v) is 7.27. The molecule has 0 aromatic heterocycles. The number of rotatable bonds is 5. The number of carbonyl (C=O) groups excluding carboxylic acids is 2. The number of carboxylic acids is 1. The van der Waals surface area contributed by atoms with Gasteiger partial charge in [0, 0.05) is 0 Å². The van der Waals surface area contributed by atoms with Gasteiger partial charge in [-0.05, 0) is 52.7 Å². The topological polar surface area (TPSA) is 113 Å². The van der Waals surface area contributed by atoms with Crippen LogP contribution in [0.5, 0.6) is 0 Å². The Morgan fingerprint density at radius 1 is 1.39 bits per heavy atom. The highest BCUT2D eigenvalue weighted by molar-refractivity contribution is 5.87. The molecule has 7 heteroatoms. The van der Waals surface area contributed by atoms with Crippen LogP contribution >= 0.6 is 0 Å². The summed E-state index contributed by atoms with van der Waals surface area (Å²) in [5.74, 6) is -1.48. The molecule has 0 spiro atoms. The van der Waals surface area contributed by atoms with E-state index in [0.29, 0.717) is 0 Å². The maximum absolute atomic E-state index is 12.0. The smallest absolute Gasteiger partial charge is 0.408 e. The fourth-order valence-electron chi connectivity index (χ4n) is 2.24. The van der Waals surface area contributed by atoms with Crippen LogP contribution in [0.25, 0.3) is 0 Å². The molecule has 7 nitrogen and oxygen atoms in total. The maximum atomic E-state index is 12.0. The van der Waals surface area contributed by atoms with Crippen LogP contribution in [-0.2, 0) is 14.3 Å². The minimum Gasteiger partial charge on any atom is -0.508 e. The molecule has 1 amide bonds. The molecule has 0 bridgehead atoms. The lowest BCUT2D eigenvalue weighted by Crippen LogP contribution is -2.47. The summed E-state index contributed by atoms with van der Waals surface area (Å²) in [5, 5.41) is 21.0. The number of nitrogens with one attached hydrogen (secondary N) is 1. The molecule has 128 valence electrons. The standard InChI is InChI=1S/C16H23NO6/c1-10(18)16(7-5-11(19)6-8-16)9-12(13(20)21)17-14(22)23-15(2,3)4/h5-7,12,19H,8-9H2,1-4H3,(H,17,22)(H,20,21)/t12-,16?/m0/s1. The van der Waals surface area contributed by atoms with E-state index in [4.69, 9.17) is 4.74 Å². The molecule has 0 radical (unpaired) electrons. The number of aliphatic hydroxyl groups excluding tert-OH is 1. The lowest BCUT2D eigenvalue weighted by molar-refractivity contribution is -0.140. The number of Topliss-reactive ketones (excluding diaryl/α,β-unsaturated/α-hetero) is 1. The summed E-state index contributed by atoms with van der Waals surface area (Å²) < 4.78 is 5.05. The summed E-state index contributed by atoms with van der Waals surface area (Å²) in [6, 6.07) is -1.29. The van der Waals surface area contributed by atoms with Gasteiger partial charge in [0.05, 0.1) is 5.41 Å². The summed E-state index contributed by atoms with van der Waals surface area (Å²) in [7, 11) is 0.